The molecule has 308 valence electrons. The number of carbonyl (C=O) groups is 3. The fraction of sp³-hybridized carbons (Fsp3) is 0.537. The van der Waals surface area contributed by atoms with Crippen LogP contribution in [0.25, 0.3) is 22.3 Å². The summed E-state index contributed by atoms with van der Waals surface area (Å²) in [5.74, 6) is 0.817. The average molecular weight is 823 g/mol. The number of ether oxygens (including phenoxy) is 3. The molecule has 3 aliphatic rings. The van der Waals surface area contributed by atoms with E-state index in [1.165, 1.54) is 11.3 Å². The fourth-order valence-corrected chi connectivity index (χ4v) is 10.3. The Kier molecular flexibility index (Phi) is 12.4. The molecule has 1 aliphatic heterocycles. The summed E-state index contributed by atoms with van der Waals surface area (Å²) >= 11 is 1.47. The van der Waals surface area contributed by atoms with Crippen molar-refractivity contribution in [1.82, 2.24) is 25.5 Å². The second-order valence-electron chi connectivity index (χ2n) is 16.6. The van der Waals surface area contributed by atoms with Gasteiger partial charge >= 0.3 is 6.09 Å². The summed E-state index contributed by atoms with van der Waals surface area (Å²) < 4.78 is 31.2. The van der Waals surface area contributed by atoms with E-state index in [1.54, 1.807) is 18.1 Å². The molecular formula is C41H55N6O8PS. The minimum atomic E-state index is -3.99. The van der Waals surface area contributed by atoms with Gasteiger partial charge in [0.05, 0.1) is 24.9 Å². The molecule has 14 nitrogen and oxygen atoms in total. The lowest BCUT2D eigenvalue weighted by Gasteiger charge is -2.35. The van der Waals surface area contributed by atoms with Crippen LogP contribution in [0.15, 0.2) is 54.7 Å². The van der Waals surface area contributed by atoms with E-state index in [9.17, 15) is 23.8 Å². The predicted molar refractivity (Wildman–Crippen MR) is 222 cm³/mol. The highest BCUT2D eigenvalue weighted by molar-refractivity contribution is 7.63. The molecule has 0 radical (unpaired) electrons. The molecule has 4 N–H and O–H groups in total. The second-order valence-corrected chi connectivity index (χ2v) is 19.9. The van der Waals surface area contributed by atoms with Crippen LogP contribution < -0.4 is 25.4 Å². The van der Waals surface area contributed by atoms with Crippen molar-refractivity contribution < 1.29 is 38.1 Å². The number of amides is 3. The number of benzene rings is 1. The third-order valence-corrected chi connectivity index (χ3v) is 14.0. The zero-order chi connectivity index (χ0) is 41.3. The van der Waals surface area contributed by atoms with Crippen LogP contribution >= 0.6 is 18.7 Å². The maximum Gasteiger partial charge on any atom is 0.408 e. The van der Waals surface area contributed by atoms with Gasteiger partial charge in [-0.1, -0.05) is 33.4 Å². The Hall–Kier alpha value is -4.46. The molecule has 2 aromatic heterocycles. The third-order valence-electron chi connectivity index (χ3n) is 10.9. The quantitative estimate of drug-likeness (QED) is 0.0884. The van der Waals surface area contributed by atoms with Crippen LogP contribution in [0.4, 0.5) is 9.93 Å². The number of aromatic nitrogens is 2. The van der Waals surface area contributed by atoms with Gasteiger partial charge in [0.25, 0.3) is 0 Å². The molecule has 2 unspecified atom stereocenters. The summed E-state index contributed by atoms with van der Waals surface area (Å²) in [6.45, 7) is 17.1. The maximum atomic E-state index is 14.7. The summed E-state index contributed by atoms with van der Waals surface area (Å²) in [7, 11) is -2.41. The Balaban J connectivity index is 1.31. The smallest absolute Gasteiger partial charge is 0.408 e. The summed E-state index contributed by atoms with van der Waals surface area (Å²) in [5.41, 5.74) is 1.13. The molecule has 6 rings (SSSR count). The number of nitrogens with one attached hydrogen (secondary N) is 3. The first-order valence-corrected chi connectivity index (χ1v) is 22.1. The lowest BCUT2D eigenvalue weighted by Crippen LogP contribution is -2.56. The normalized spacial score (nSPS) is 23.7. The number of hydrogen-bond acceptors (Lipinski definition) is 11. The standard InChI is InChI=1S/C41H55N6O8PS/c1-9-25-21-41(25,56(51,52)10-2)46-35(48)18-26-17-29(22-47(26)37(49)36(40(5,6)7)45-39(50)55-27-13-11-12-14-27)54-34-20-32(33-23-57-38(44-33)42-24(3)4)43-31-19-28(53-8)15-16-30(31)34/h9-10,15-16,19-20,23-27,29,36H,1-2,11-14,17-18,21-22H2,3-8H3,(H,42,44)(H,45,50)(H,46,48)(H,51,52)/t25-,26?,29-,36-,41+/m1/s1. The first-order chi connectivity index (χ1) is 27.0. The molecule has 0 spiro atoms. The van der Waals surface area contributed by atoms with Crippen LogP contribution in [0.1, 0.15) is 79.6 Å². The van der Waals surface area contributed by atoms with E-state index in [0.29, 0.717) is 33.8 Å². The van der Waals surface area contributed by atoms with Crippen LogP contribution in [0.5, 0.6) is 11.5 Å². The van der Waals surface area contributed by atoms with Gasteiger partial charge in [0.15, 0.2) is 5.13 Å². The minimum Gasteiger partial charge on any atom is -0.497 e. The SMILES string of the molecule is C=C[C@@H]1C[C@]1(NC(=O)CC1C[C@@H](Oc2cc(-c3csc(NC(C)C)n3)nc3cc(OC)ccc23)CN1C(=O)[C@@H](NC(=O)OC1CCCC1)C(C)(C)C)P(=O)(O)C=C. The lowest BCUT2D eigenvalue weighted by molar-refractivity contribution is -0.138. The highest BCUT2D eigenvalue weighted by Gasteiger charge is 2.64. The molecule has 2 saturated carbocycles. The van der Waals surface area contributed by atoms with Crippen molar-refractivity contribution >= 4 is 52.6 Å². The summed E-state index contributed by atoms with van der Waals surface area (Å²) in [6, 6.07) is 5.85. The Bertz CT molecular complexity index is 2060. The lowest BCUT2D eigenvalue weighted by atomic mass is 9.85. The van der Waals surface area contributed by atoms with Crippen molar-refractivity contribution in [3.63, 3.8) is 0 Å². The molecule has 3 heterocycles. The Morgan fingerprint density at radius 3 is 2.49 bits per heavy atom. The number of anilines is 1. The molecule has 2 aliphatic carbocycles. The van der Waals surface area contributed by atoms with E-state index in [4.69, 9.17) is 24.2 Å². The molecular weight excluding hydrogens is 768 g/mol. The molecule has 57 heavy (non-hydrogen) atoms. The first kappa shape index (κ1) is 42.2. The van der Waals surface area contributed by atoms with Crippen molar-refractivity contribution in [2.24, 2.45) is 11.3 Å². The van der Waals surface area contributed by atoms with E-state index in [0.717, 1.165) is 36.6 Å². The average Bonchev–Trinajstić information content (AvgIpc) is 3.53. The Labute approximate surface area is 338 Å². The number of fused-ring (bicyclic) bond motifs is 1. The molecule has 6 atom stereocenters. The van der Waals surface area contributed by atoms with Crippen LogP contribution in [0.2, 0.25) is 0 Å². The highest BCUT2D eigenvalue weighted by atomic mass is 32.1. The topological polar surface area (TPSA) is 181 Å². The van der Waals surface area contributed by atoms with E-state index in [1.807, 2.05) is 64.3 Å². The molecule has 16 heteroatoms. The van der Waals surface area contributed by atoms with E-state index >= 15 is 0 Å². The van der Waals surface area contributed by atoms with Gasteiger partial charge in [-0.15, -0.1) is 17.9 Å². The molecule has 3 fully saturated rings. The number of rotatable bonds is 15. The van der Waals surface area contributed by atoms with Crippen LogP contribution in [-0.4, -0.2) is 86.9 Å². The zero-order valence-corrected chi connectivity index (χ0v) is 35.3. The number of nitrogens with zero attached hydrogens (tertiary/aromatic N) is 3. The van der Waals surface area contributed by atoms with Gasteiger partial charge in [-0.3, -0.25) is 14.2 Å². The highest BCUT2D eigenvalue weighted by Crippen LogP contribution is 2.70. The number of likely N-dealkylation sites (tertiary alicyclic amines) is 1. The fourth-order valence-electron chi connectivity index (χ4n) is 7.78. The van der Waals surface area contributed by atoms with Gasteiger partial charge in [-0.2, -0.15) is 0 Å². The number of carbonyl (C=O) groups excluding carboxylic acids is 3. The van der Waals surface area contributed by atoms with Crippen molar-refractivity contribution in [2.75, 3.05) is 19.0 Å². The van der Waals surface area contributed by atoms with Crippen LogP contribution in [0, 0.1) is 11.3 Å². The predicted octanol–water partition coefficient (Wildman–Crippen LogP) is 7.44. The zero-order valence-electron chi connectivity index (χ0n) is 33.6. The molecule has 0 bridgehead atoms. The van der Waals surface area contributed by atoms with Crippen molar-refractivity contribution in [3.05, 3.63) is 54.7 Å². The van der Waals surface area contributed by atoms with Crippen molar-refractivity contribution in [3.8, 4) is 22.9 Å². The molecule has 1 saturated heterocycles. The van der Waals surface area contributed by atoms with Crippen molar-refractivity contribution in [2.45, 2.75) is 115 Å². The molecule has 3 aromatic rings. The second kappa shape index (κ2) is 16.8. The van der Waals surface area contributed by atoms with Gasteiger partial charge in [-0.25, -0.2) is 14.8 Å². The van der Waals surface area contributed by atoms with Gasteiger partial charge in [0.1, 0.15) is 40.7 Å². The minimum absolute atomic E-state index is 0.1000. The number of hydrogen-bond donors (Lipinski definition) is 4. The third kappa shape index (κ3) is 9.31. The van der Waals surface area contributed by atoms with E-state index in [-0.39, 0.29) is 38.0 Å². The van der Waals surface area contributed by atoms with Crippen LogP contribution in [0.3, 0.4) is 0 Å². The monoisotopic (exact) mass is 822 g/mol. The summed E-state index contributed by atoms with van der Waals surface area (Å²) in [6.07, 6.45) is 3.96. The van der Waals surface area contributed by atoms with Gasteiger partial charge in [-0.05, 0) is 69.3 Å². The summed E-state index contributed by atoms with van der Waals surface area (Å²) in [4.78, 5) is 63.7. The van der Waals surface area contributed by atoms with Crippen molar-refractivity contribution in [1.29, 1.82) is 0 Å². The Morgan fingerprint density at radius 2 is 1.86 bits per heavy atom. The summed E-state index contributed by atoms with van der Waals surface area (Å²) in [5, 5.41) is 11.0. The molecule has 1 aromatic carbocycles. The van der Waals surface area contributed by atoms with Gasteiger partial charge < -0.3 is 40.0 Å². The van der Waals surface area contributed by atoms with Gasteiger partial charge in [0.2, 0.25) is 19.2 Å². The van der Waals surface area contributed by atoms with Gasteiger partial charge in [0, 0.05) is 53.7 Å². The van der Waals surface area contributed by atoms with E-state index in [2.05, 4.69) is 29.1 Å². The Morgan fingerprint density at radius 1 is 1.12 bits per heavy atom. The number of pyridine rings is 1. The number of thiazole rings is 1. The van der Waals surface area contributed by atoms with Crippen LogP contribution in [-0.2, 0) is 18.9 Å². The number of methoxy groups -OCH3 is 1. The number of alkyl carbamates (subject to hydrolysis) is 1. The molecule has 3 amide bonds. The first-order valence-electron chi connectivity index (χ1n) is 19.5. The maximum absolute atomic E-state index is 14.7. The van der Waals surface area contributed by atoms with E-state index < -0.39 is 60.1 Å². The largest absolute Gasteiger partial charge is 0.497 e.